The summed E-state index contributed by atoms with van der Waals surface area (Å²) in [6.07, 6.45) is 0. The number of carbonyl (C=O) groups is 1. The molecular weight excluding hydrogens is 284 g/mol. The summed E-state index contributed by atoms with van der Waals surface area (Å²) in [7, 11) is 2.89. The Kier molecular flexibility index (Phi) is 5.38. The first kappa shape index (κ1) is 15.9. The van der Waals surface area contributed by atoms with Gasteiger partial charge in [-0.2, -0.15) is 0 Å². The summed E-state index contributed by atoms with van der Waals surface area (Å²) in [6.45, 7) is 0.196. The van der Waals surface area contributed by atoms with Crippen LogP contribution >= 0.6 is 0 Å². The molecule has 0 atom stereocenters. The molecule has 22 heavy (non-hydrogen) atoms. The van der Waals surface area contributed by atoms with Crippen molar-refractivity contribution in [1.29, 1.82) is 0 Å². The highest BCUT2D eigenvalue weighted by molar-refractivity contribution is 5.89. The highest BCUT2D eigenvalue weighted by atomic mass is 16.5. The van der Waals surface area contributed by atoms with E-state index < -0.39 is 5.97 Å². The van der Waals surface area contributed by atoms with Crippen LogP contribution in [-0.4, -0.2) is 25.3 Å². The van der Waals surface area contributed by atoms with Crippen LogP contribution in [0.25, 0.3) is 0 Å². The van der Waals surface area contributed by atoms with Crippen LogP contribution < -0.4 is 9.47 Å². The van der Waals surface area contributed by atoms with Gasteiger partial charge in [-0.3, -0.25) is 0 Å². The third kappa shape index (κ3) is 3.77. The molecule has 2 aromatic carbocycles. The summed E-state index contributed by atoms with van der Waals surface area (Å²) in [6, 6.07) is 12.2. The Balaban J connectivity index is 2.18. The summed E-state index contributed by atoms with van der Waals surface area (Å²) < 4.78 is 15.7. The van der Waals surface area contributed by atoms with E-state index in [0.29, 0.717) is 17.1 Å². The van der Waals surface area contributed by atoms with Crippen molar-refractivity contribution < 1.29 is 24.1 Å². The predicted octanol–water partition coefficient (Wildman–Crippen LogP) is 2.55. The molecule has 0 saturated carbocycles. The van der Waals surface area contributed by atoms with E-state index in [9.17, 15) is 4.79 Å². The van der Waals surface area contributed by atoms with Crippen LogP contribution in [0.4, 0.5) is 0 Å². The zero-order chi connectivity index (χ0) is 15.9. The van der Waals surface area contributed by atoms with Crippen molar-refractivity contribution in [3.05, 3.63) is 59.2 Å². The lowest BCUT2D eigenvalue weighted by Gasteiger charge is -2.12. The summed E-state index contributed by atoms with van der Waals surface area (Å²) >= 11 is 0. The maximum atomic E-state index is 11.6. The Labute approximate surface area is 129 Å². The smallest absolute Gasteiger partial charge is 0.337 e. The number of rotatable bonds is 6. The molecule has 0 fully saturated rings. The van der Waals surface area contributed by atoms with Crippen molar-refractivity contribution in [1.82, 2.24) is 0 Å². The Hall–Kier alpha value is -2.53. The molecule has 0 aromatic heterocycles. The number of carbonyl (C=O) groups excluding carboxylic acids is 1. The lowest BCUT2D eigenvalue weighted by atomic mass is 10.1. The van der Waals surface area contributed by atoms with Crippen molar-refractivity contribution in [2.24, 2.45) is 0 Å². The summed E-state index contributed by atoms with van der Waals surface area (Å²) in [5, 5.41) is 9.13. The van der Waals surface area contributed by atoms with Crippen LogP contribution in [-0.2, 0) is 18.0 Å². The second-order valence-corrected chi connectivity index (χ2v) is 4.61. The first-order valence-corrected chi connectivity index (χ1v) is 6.75. The van der Waals surface area contributed by atoms with E-state index in [1.54, 1.807) is 37.4 Å². The van der Waals surface area contributed by atoms with Gasteiger partial charge in [-0.25, -0.2) is 4.79 Å². The lowest BCUT2D eigenvalue weighted by Crippen LogP contribution is -2.05. The van der Waals surface area contributed by atoms with Crippen molar-refractivity contribution in [3.63, 3.8) is 0 Å². The maximum Gasteiger partial charge on any atom is 0.337 e. The Morgan fingerprint density at radius 3 is 2.64 bits per heavy atom. The van der Waals surface area contributed by atoms with Crippen molar-refractivity contribution in [2.75, 3.05) is 14.2 Å². The minimum atomic E-state index is -0.411. The molecule has 0 heterocycles. The zero-order valence-electron chi connectivity index (χ0n) is 12.5. The van der Waals surface area contributed by atoms with Crippen LogP contribution in [0.2, 0.25) is 0 Å². The van der Waals surface area contributed by atoms with E-state index in [0.717, 1.165) is 11.1 Å². The fraction of sp³-hybridized carbons (Fsp3) is 0.235. The molecular formula is C17H18O5. The molecule has 0 aliphatic carbocycles. The number of ether oxygens (including phenoxy) is 3. The fourth-order valence-corrected chi connectivity index (χ4v) is 2.03. The van der Waals surface area contributed by atoms with Crippen LogP contribution in [0, 0.1) is 0 Å². The van der Waals surface area contributed by atoms with Gasteiger partial charge in [0.2, 0.25) is 0 Å². The SMILES string of the molecule is COC(=O)c1ccc(OC)c(COc2cccc(CO)c2)c1. The van der Waals surface area contributed by atoms with Crippen LogP contribution in [0.1, 0.15) is 21.5 Å². The van der Waals surface area contributed by atoms with Gasteiger partial charge in [-0.15, -0.1) is 0 Å². The maximum absolute atomic E-state index is 11.6. The molecule has 1 N–H and O–H groups in total. The first-order valence-electron chi connectivity index (χ1n) is 6.75. The largest absolute Gasteiger partial charge is 0.496 e. The van der Waals surface area contributed by atoms with Crippen molar-refractivity contribution in [2.45, 2.75) is 13.2 Å². The molecule has 0 radical (unpaired) electrons. The molecule has 2 rings (SSSR count). The minimum Gasteiger partial charge on any atom is -0.496 e. The molecule has 2 aromatic rings. The third-order valence-electron chi connectivity index (χ3n) is 3.18. The zero-order valence-corrected chi connectivity index (χ0v) is 12.5. The number of hydrogen-bond donors (Lipinski definition) is 1. The van der Waals surface area contributed by atoms with E-state index in [1.165, 1.54) is 7.11 Å². The number of benzene rings is 2. The first-order chi connectivity index (χ1) is 10.7. The lowest BCUT2D eigenvalue weighted by molar-refractivity contribution is 0.0600. The topological polar surface area (TPSA) is 65.0 Å². The molecule has 0 aliphatic heterocycles. The van der Waals surface area contributed by atoms with Gasteiger partial charge < -0.3 is 19.3 Å². The number of hydrogen-bond acceptors (Lipinski definition) is 5. The number of aliphatic hydroxyl groups excluding tert-OH is 1. The Morgan fingerprint density at radius 1 is 1.14 bits per heavy atom. The Bertz CT molecular complexity index is 651. The average molecular weight is 302 g/mol. The van der Waals surface area contributed by atoms with Gasteiger partial charge in [0.25, 0.3) is 0 Å². The minimum absolute atomic E-state index is 0.0433. The van der Waals surface area contributed by atoms with Gasteiger partial charge in [0, 0.05) is 5.56 Å². The third-order valence-corrected chi connectivity index (χ3v) is 3.18. The molecule has 0 bridgehead atoms. The fourth-order valence-electron chi connectivity index (χ4n) is 2.03. The quantitative estimate of drug-likeness (QED) is 0.831. The normalized spacial score (nSPS) is 10.1. The van der Waals surface area contributed by atoms with Gasteiger partial charge in [0.05, 0.1) is 26.4 Å². The van der Waals surface area contributed by atoms with Crippen LogP contribution in [0.15, 0.2) is 42.5 Å². The number of methoxy groups -OCH3 is 2. The van der Waals surface area contributed by atoms with E-state index in [1.807, 2.05) is 12.1 Å². The highest BCUT2D eigenvalue weighted by Gasteiger charge is 2.11. The summed E-state index contributed by atoms with van der Waals surface area (Å²) in [4.78, 5) is 11.6. The van der Waals surface area contributed by atoms with Crippen molar-refractivity contribution >= 4 is 5.97 Å². The molecule has 5 nitrogen and oxygen atoms in total. The van der Waals surface area contributed by atoms with E-state index in [2.05, 4.69) is 0 Å². The van der Waals surface area contributed by atoms with Gasteiger partial charge >= 0.3 is 5.97 Å². The van der Waals surface area contributed by atoms with Crippen LogP contribution in [0.3, 0.4) is 0 Å². The standard InChI is InChI=1S/C17H18O5/c1-20-16-7-6-13(17(19)21-2)9-14(16)11-22-15-5-3-4-12(8-15)10-18/h3-9,18H,10-11H2,1-2H3. The average Bonchev–Trinajstić information content (AvgIpc) is 2.59. The van der Waals surface area contributed by atoms with Crippen LogP contribution in [0.5, 0.6) is 11.5 Å². The second-order valence-electron chi connectivity index (χ2n) is 4.61. The van der Waals surface area contributed by atoms with Gasteiger partial charge in [-0.05, 0) is 35.9 Å². The van der Waals surface area contributed by atoms with Gasteiger partial charge in [-0.1, -0.05) is 12.1 Å². The second kappa shape index (κ2) is 7.47. The van der Waals surface area contributed by atoms with Gasteiger partial charge in [0.15, 0.2) is 0 Å². The highest BCUT2D eigenvalue weighted by Crippen LogP contribution is 2.23. The molecule has 0 spiro atoms. The number of aliphatic hydroxyl groups is 1. The molecule has 116 valence electrons. The molecule has 0 amide bonds. The monoisotopic (exact) mass is 302 g/mol. The van der Waals surface area contributed by atoms with E-state index in [-0.39, 0.29) is 13.2 Å². The Morgan fingerprint density at radius 2 is 1.95 bits per heavy atom. The van der Waals surface area contributed by atoms with E-state index >= 15 is 0 Å². The van der Waals surface area contributed by atoms with Gasteiger partial charge in [0.1, 0.15) is 18.1 Å². The molecule has 0 saturated heterocycles. The summed E-state index contributed by atoms with van der Waals surface area (Å²) in [5.74, 6) is 0.856. The predicted molar refractivity (Wildman–Crippen MR) is 81.0 cm³/mol. The molecule has 0 aliphatic rings. The number of esters is 1. The van der Waals surface area contributed by atoms with E-state index in [4.69, 9.17) is 19.3 Å². The molecule has 5 heteroatoms. The van der Waals surface area contributed by atoms with Crippen molar-refractivity contribution in [3.8, 4) is 11.5 Å². The summed E-state index contributed by atoms with van der Waals surface area (Å²) in [5.41, 5.74) is 1.94. The molecule has 0 unspecified atom stereocenters.